The van der Waals surface area contributed by atoms with Crippen LogP contribution < -0.4 is 10.2 Å². The summed E-state index contributed by atoms with van der Waals surface area (Å²) in [6.07, 6.45) is 0.934. The first-order valence-electron chi connectivity index (χ1n) is 8.33. The van der Waals surface area contributed by atoms with Gasteiger partial charge in [-0.25, -0.2) is 0 Å². The number of halogens is 2. The molecule has 0 aliphatic carbocycles. The van der Waals surface area contributed by atoms with Crippen LogP contribution in [0.3, 0.4) is 0 Å². The van der Waals surface area contributed by atoms with Gasteiger partial charge >= 0.3 is 7.12 Å². The van der Waals surface area contributed by atoms with E-state index in [1.807, 2.05) is 37.3 Å². The van der Waals surface area contributed by atoms with Gasteiger partial charge in [0.05, 0.1) is 15.6 Å². The quantitative estimate of drug-likeness (QED) is 0.710. The normalized spacial score (nSPS) is 19.7. The van der Waals surface area contributed by atoms with E-state index >= 15 is 0 Å². The Balaban J connectivity index is 1.78. The highest BCUT2D eigenvalue weighted by atomic mass is 35.5. The molecular weight excluding hydrogens is 358 g/mol. The summed E-state index contributed by atoms with van der Waals surface area (Å²) in [6, 6.07) is 13.5. The zero-order valence-corrected chi connectivity index (χ0v) is 16.1. The molecule has 2 aromatic carbocycles. The van der Waals surface area contributed by atoms with Crippen molar-refractivity contribution >= 4 is 35.8 Å². The van der Waals surface area contributed by atoms with E-state index in [0.717, 1.165) is 17.4 Å². The Kier molecular flexibility index (Phi) is 5.64. The second-order valence-electron chi connectivity index (χ2n) is 6.95. The molecule has 1 heterocycles. The number of hydrogen-bond donors (Lipinski definition) is 0. The Labute approximate surface area is 159 Å². The third kappa shape index (κ3) is 4.70. The Bertz CT molecular complexity index is 714. The van der Waals surface area contributed by atoms with Gasteiger partial charge in [-0.1, -0.05) is 53.5 Å². The molecule has 3 nitrogen and oxygen atoms in total. The van der Waals surface area contributed by atoms with Crippen molar-refractivity contribution in [2.45, 2.75) is 45.5 Å². The number of benzene rings is 2. The van der Waals surface area contributed by atoms with Crippen LogP contribution in [0.25, 0.3) is 0 Å². The summed E-state index contributed by atoms with van der Waals surface area (Å²) in [7, 11) is -0.489. The molecule has 1 aliphatic heterocycles. The van der Waals surface area contributed by atoms with Crippen LogP contribution in [0.2, 0.25) is 10.0 Å². The van der Waals surface area contributed by atoms with Gasteiger partial charge in [-0.05, 0) is 50.4 Å². The first-order valence-corrected chi connectivity index (χ1v) is 9.08. The molecule has 0 spiro atoms. The molecule has 0 aromatic heterocycles. The molecule has 0 amide bonds. The van der Waals surface area contributed by atoms with Crippen molar-refractivity contribution in [2.24, 2.45) is 0 Å². The van der Waals surface area contributed by atoms with Crippen LogP contribution in [0.4, 0.5) is 0 Å². The van der Waals surface area contributed by atoms with Gasteiger partial charge in [0.2, 0.25) is 0 Å². The molecule has 1 unspecified atom stereocenters. The van der Waals surface area contributed by atoms with Gasteiger partial charge in [-0.15, -0.1) is 0 Å². The highest BCUT2D eigenvalue weighted by molar-refractivity contribution is 6.62. The lowest BCUT2D eigenvalue weighted by atomic mass is 9.75. The van der Waals surface area contributed by atoms with Gasteiger partial charge in [0.15, 0.2) is 5.75 Å². The maximum absolute atomic E-state index is 6.41. The van der Waals surface area contributed by atoms with Gasteiger partial charge in [-0.2, -0.15) is 0 Å². The number of rotatable bonds is 4. The Morgan fingerprint density at radius 1 is 1.16 bits per heavy atom. The van der Waals surface area contributed by atoms with Crippen molar-refractivity contribution in [1.29, 1.82) is 0 Å². The number of hydrogen-bond acceptors (Lipinski definition) is 3. The SMILES string of the molecule is CC1CC(C)(C)OB(c2cc(Cl)c(OCc3ccccc3)c(Cl)c2)O1. The van der Waals surface area contributed by atoms with Gasteiger partial charge in [0, 0.05) is 6.10 Å². The molecule has 2 aromatic rings. The highest BCUT2D eigenvalue weighted by Gasteiger charge is 2.38. The summed E-state index contributed by atoms with van der Waals surface area (Å²) in [5.74, 6) is 0.471. The van der Waals surface area contributed by atoms with E-state index < -0.39 is 7.12 Å². The van der Waals surface area contributed by atoms with E-state index in [1.165, 1.54) is 0 Å². The molecule has 1 fully saturated rings. The van der Waals surface area contributed by atoms with E-state index in [0.29, 0.717) is 22.4 Å². The lowest BCUT2D eigenvalue weighted by molar-refractivity contribution is -0.0229. The van der Waals surface area contributed by atoms with Crippen LogP contribution in [0, 0.1) is 0 Å². The molecule has 0 N–H and O–H groups in total. The molecule has 132 valence electrons. The van der Waals surface area contributed by atoms with Crippen LogP contribution in [-0.4, -0.2) is 18.8 Å². The zero-order chi connectivity index (χ0) is 18.0. The summed E-state index contributed by atoms with van der Waals surface area (Å²) in [5.41, 5.74) is 1.58. The van der Waals surface area contributed by atoms with Crippen LogP contribution in [0.15, 0.2) is 42.5 Å². The average Bonchev–Trinajstić information content (AvgIpc) is 2.53. The minimum Gasteiger partial charge on any atom is -0.486 e. The predicted molar refractivity (Wildman–Crippen MR) is 103 cm³/mol. The molecule has 0 radical (unpaired) electrons. The van der Waals surface area contributed by atoms with Crippen molar-refractivity contribution in [3.63, 3.8) is 0 Å². The number of ether oxygens (including phenoxy) is 1. The minimum absolute atomic E-state index is 0.0975. The smallest absolute Gasteiger partial charge is 0.486 e. The van der Waals surface area contributed by atoms with Crippen molar-refractivity contribution in [2.75, 3.05) is 0 Å². The van der Waals surface area contributed by atoms with Crippen LogP contribution in [0.1, 0.15) is 32.8 Å². The van der Waals surface area contributed by atoms with Crippen molar-refractivity contribution in [3.05, 3.63) is 58.1 Å². The topological polar surface area (TPSA) is 27.7 Å². The first kappa shape index (κ1) is 18.6. The fourth-order valence-corrected chi connectivity index (χ4v) is 3.66. The van der Waals surface area contributed by atoms with E-state index in [-0.39, 0.29) is 11.7 Å². The van der Waals surface area contributed by atoms with Gasteiger partial charge in [-0.3, -0.25) is 0 Å². The summed E-state index contributed by atoms with van der Waals surface area (Å²) in [4.78, 5) is 0. The van der Waals surface area contributed by atoms with Gasteiger partial charge < -0.3 is 14.0 Å². The summed E-state index contributed by atoms with van der Waals surface area (Å²) < 4.78 is 17.7. The van der Waals surface area contributed by atoms with E-state index in [9.17, 15) is 0 Å². The van der Waals surface area contributed by atoms with E-state index in [1.54, 1.807) is 12.1 Å². The lowest BCUT2D eigenvalue weighted by Crippen LogP contribution is -2.51. The highest BCUT2D eigenvalue weighted by Crippen LogP contribution is 2.34. The van der Waals surface area contributed by atoms with Crippen molar-refractivity contribution in [1.82, 2.24) is 0 Å². The van der Waals surface area contributed by atoms with Crippen molar-refractivity contribution in [3.8, 4) is 5.75 Å². The Hall–Kier alpha value is -1.20. The Morgan fingerprint density at radius 2 is 1.80 bits per heavy atom. The van der Waals surface area contributed by atoms with Gasteiger partial charge in [0.1, 0.15) is 6.61 Å². The lowest BCUT2D eigenvalue weighted by Gasteiger charge is -2.38. The summed E-state index contributed by atoms with van der Waals surface area (Å²) in [5, 5.41) is 0.892. The molecule has 1 atom stereocenters. The standard InChI is InChI=1S/C19H21BCl2O3/c1-13-11-19(2,3)25-20(24-13)15-9-16(21)18(17(22)10-15)23-12-14-7-5-4-6-8-14/h4-10,13H,11-12H2,1-3H3. The second kappa shape index (κ2) is 7.59. The second-order valence-corrected chi connectivity index (χ2v) is 7.76. The molecule has 0 saturated carbocycles. The summed E-state index contributed by atoms with van der Waals surface area (Å²) in [6.45, 7) is 6.55. The molecule has 0 bridgehead atoms. The zero-order valence-electron chi connectivity index (χ0n) is 14.6. The van der Waals surface area contributed by atoms with E-state index in [2.05, 4.69) is 13.8 Å². The monoisotopic (exact) mass is 378 g/mol. The van der Waals surface area contributed by atoms with Gasteiger partial charge in [0.25, 0.3) is 0 Å². The molecule has 6 heteroatoms. The summed E-state index contributed by atoms with van der Waals surface area (Å²) >= 11 is 12.8. The predicted octanol–water partition coefficient (Wildman–Crippen LogP) is 4.87. The maximum Gasteiger partial charge on any atom is 0.494 e. The maximum atomic E-state index is 6.41. The molecule has 1 saturated heterocycles. The fourth-order valence-electron chi connectivity index (χ4n) is 3.05. The van der Waals surface area contributed by atoms with Crippen LogP contribution >= 0.6 is 23.2 Å². The third-order valence-corrected chi connectivity index (χ3v) is 4.64. The fraction of sp³-hybridized carbons (Fsp3) is 0.368. The Morgan fingerprint density at radius 3 is 2.40 bits per heavy atom. The van der Waals surface area contributed by atoms with Crippen LogP contribution in [0.5, 0.6) is 5.75 Å². The third-order valence-electron chi connectivity index (χ3n) is 4.08. The molecule has 1 aliphatic rings. The minimum atomic E-state index is -0.489. The largest absolute Gasteiger partial charge is 0.494 e. The van der Waals surface area contributed by atoms with Crippen LogP contribution in [-0.2, 0) is 15.9 Å². The van der Waals surface area contributed by atoms with E-state index in [4.69, 9.17) is 37.2 Å². The average molecular weight is 379 g/mol. The molecular formula is C19H21BCl2O3. The molecule has 25 heavy (non-hydrogen) atoms. The van der Waals surface area contributed by atoms with Crippen molar-refractivity contribution < 1.29 is 14.0 Å². The first-order chi connectivity index (χ1) is 11.8. The molecule has 3 rings (SSSR count).